The highest BCUT2D eigenvalue weighted by molar-refractivity contribution is 5.94. The van der Waals surface area contributed by atoms with E-state index in [9.17, 15) is 9.59 Å². The molecular formula is C22H35N5O3. The number of amides is 2. The van der Waals surface area contributed by atoms with Gasteiger partial charge in [-0.3, -0.25) is 9.59 Å². The van der Waals surface area contributed by atoms with E-state index < -0.39 is 6.10 Å². The fourth-order valence-electron chi connectivity index (χ4n) is 4.28. The first-order valence-corrected chi connectivity index (χ1v) is 11.0. The van der Waals surface area contributed by atoms with Crippen LogP contribution in [0.15, 0.2) is 12.4 Å². The standard InChI is InChI=1S/C22H35N5O3/c1-16(2)19-23-12-17(13-24-19)21(29)27-10-11-30-18(14-27)20(28)25-15-22(26(3)4)8-6-5-7-9-22/h12-13,16,18H,5-11,14-15H2,1-4H3,(H,25,28). The lowest BCUT2D eigenvalue weighted by atomic mass is 9.80. The van der Waals surface area contributed by atoms with Gasteiger partial charge < -0.3 is 19.9 Å². The fraction of sp³-hybridized carbons (Fsp3) is 0.727. The molecule has 166 valence electrons. The molecule has 2 aliphatic rings. The summed E-state index contributed by atoms with van der Waals surface area (Å²) in [6.07, 6.45) is 8.29. The van der Waals surface area contributed by atoms with Crippen LogP contribution in [0.4, 0.5) is 0 Å². The highest BCUT2D eigenvalue weighted by Gasteiger charge is 2.36. The lowest BCUT2D eigenvalue weighted by molar-refractivity contribution is -0.137. The molecule has 1 aliphatic heterocycles. The zero-order valence-corrected chi connectivity index (χ0v) is 18.7. The molecule has 0 radical (unpaired) electrons. The Bertz CT molecular complexity index is 729. The summed E-state index contributed by atoms with van der Waals surface area (Å²) in [6.45, 7) is 5.66. The molecule has 1 aliphatic carbocycles. The maximum Gasteiger partial charge on any atom is 0.257 e. The van der Waals surface area contributed by atoms with Gasteiger partial charge in [0.1, 0.15) is 5.82 Å². The molecule has 1 aromatic heterocycles. The third-order valence-electron chi connectivity index (χ3n) is 6.41. The van der Waals surface area contributed by atoms with Crippen LogP contribution in [0.2, 0.25) is 0 Å². The van der Waals surface area contributed by atoms with E-state index in [0.717, 1.165) is 12.8 Å². The molecule has 0 aromatic carbocycles. The van der Waals surface area contributed by atoms with E-state index in [1.54, 1.807) is 17.3 Å². The second-order valence-electron chi connectivity index (χ2n) is 8.99. The highest BCUT2D eigenvalue weighted by Crippen LogP contribution is 2.31. The summed E-state index contributed by atoms with van der Waals surface area (Å²) in [6, 6.07) is 0. The van der Waals surface area contributed by atoms with Gasteiger partial charge >= 0.3 is 0 Å². The Kier molecular flexibility index (Phi) is 7.41. The molecule has 1 unspecified atom stereocenters. The number of hydrogen-bond donors (Lipinski definition) is 1. The Morgan fingerprint density at radius 2 is 1.90 bits per heavy atom. The number of rotatable bonds is 6. The van der Waals surface area contributed by atoms with Crippen LogP contribution >= 0.6 is 0 Å². The summed E-state index contributed by atoms with van der Waals surface area (Å²) in [5.74, 6) is 0.609. The van der Waals surface area contributed by atoms with E-state index in [1.165, 1.54) is 19.3 Å². The van der Waals surface area contributed by atoms with E-state index in [-0.39, 0.29) is 29.8 Å². The van der Waals surface area contributed by atoms with Gasteiger partial charge in [0.15, 0.2) is 6.10 Å². The largest absolute Gasteiger partial charge is 0.365 e. The molecule has 1 saturated carbocycles. The number of carbonyl (C=O) groups is 2. The number of likely N-dealkylation sites (N-methyl/N-ethyl adjacent to an activating group) is 1. The Hall–Kier alpha value is -2.06. The predicted octanol–water partition coefficient (Wildman–Crippen LogP) is 1.82. The Balaban J connectivity index is 1.58. The first kappa shape index (κ1) is 22.6. The molecule has 2 amide bonds. The van der Waals surface area contributed by atoms with E-state index in [2.05, 4.69) is 34.3 Å². The number of morpholine rings is 1. The van der Waals surface area contributed by atoms with Gasteiger partial charge in [0.2, 0.25) is 0 Å². The van der Waals surface area contributed by atoms with Crippen molar-refractivity contribution < 1.29 is 14.3 Å². The van der Waals surface area contributed by atoms with Gasteiger partial charge in [-0.15, -0.1) is 0 Å². The average Bonchev–Trinajstić information content (AvgIpc) is 2.77. The quantitative estimate of drug-likeness (QED) is 0.760. The summed E-state index contributed by atoms with van der Waals surface area (Å²) in [5.41, 5.74) is 0.447. The lowest BCUT2D eigenvalue weighted by Crippen LogP contribution is -2.57. The zero-order valence-electron chi connectivity index (χ0n) is 18.7. The molecule has 3 rings (SSSR count). The number of ether oxygens (including phenoxy) is 1. The minimum Gasteiger partial charge on any atom is -0.365 e. The predicted molar refractivity (Wildman–Crippen MR) is 114 cm³/mol. The summed E-state index contributed by atoms with van der Waals surface area (Å²) in [4.78, 5) is 38.1. The molecule has 1 aromatic rings. The average molecular weight is 418 g/mol. The summed E-state index contributed by atoms with van der Waals surface area (Å²) in [7, 11) is 4.17. The minimum atomic E-state index is -0.652. The van der Waals surface area contributed by atoms with Crippen LogP contribution in [0.1, 0.15) is 68.1 Å². The van der Waals surface area contributed by atoms with Crippen LogP contribution in [0.5, 0.6) is 0 Å². The van der Waals surface area contributed by atoms with Crippen LogP contribution in [0.3, 0.4) is 0 Å². The molecule has 8 heteroatoms. The Labute approximate surface area is 179 Å². The van der Waals surface area contributed by atoms with Crippen LogP contribution in [-0.2, 0) is 9.53 Å². The summed E-state index contributed by atoms with van der Waals surface area (Å²) in [5, 5.41) is 3.10. The molecule has 1 saturated heterocycles. The van der Waals surface area contributed by atoms with Crippen LogP contribution in [-0.4, -0.2) is 83.6 Å². The first-order valence-electron chi connectivity index (χ1n) is 11.0. The number of nitrogens with one attached hydrogen (secondary N) is 1. The van der Waals surface area contributed by atoms with Gasteiger partial charge in [-0.05, 0) is 26.9 Å². The fourth-order valence-corrected chi connectivity index (χ4v) is 4.28. The molecule has 1 atom stereocenters. The van der Waals surface area contributed by atoms with Crippen molar-refractivity contribution in [1.29, 1.82) is 0 Å². The van der Waals surface area contributed by atoms with Gasteiger partial charge in [-0.2, -0.15) is 0 Å². The van der Waals surface area contributed by atoms with Crippen molar-refractivity contribution in [1.82, 2.24) is 25.1 Å². The van der Waals surface area contributed by atoms with E-state index >= 15 is 0 Å². The Morgan fingerprint density at radius 3 is 2.50 bits per heavy atom. The number of hydrogen-bond acceptors (Lipinski definition) is 6. The van der Waals surface area contributed by atoms with Crippen LogP contribution in [0, 0.1) is 0 Å². The number of nitrogens with zero attached hydrogens (tertiary/aromatic N) is 4. The van der Waals surface area contributed by atoms with Gasteiger partial charge in [-0.25, -0.2) is 9.97 Å². The lowest BCUT2D eigenvalue weighted by Gasteiger charge is -2.43. The van der Waals surface area contributed by atoms with Crippen molar-refractivity contribution in [3.8, 4) is 0 Å². The number of aromatic nitrogens is 2. The van der Waals surface area contributed by atoms with Crippen LogP contribution < -0.4 is 5.32 Å². The molecule has 8 nitrogen and oxygen atoms in total. The SMILES string of the molecule is CC(C)c1ncc(C(=O)N2CCOC(C(=O)NCC3(N(C)C)CCCCC3)C2)cn1. The topological polar surface area (TPSA) is 87.7 Å². The van der Waals surface area contributed by atoms with Gasteiger partial charge in [-0.1, -0.05) is 33.1 Å². The molecule has 2 fully saturated rings. The molecule has 30 heavy (non-hydrogen) atoms. The van der Waals surface area contributed by atoms with E-state index in [0.29, 0.717) is 31.1 Å². The highest BCUT2D eigenvalue weighted by atomic mass is 16.5. The third kappa shape index (κ3) is 5.16. The molecular weight excluding hydrogens is 382 g/mol. The van der Waals surface area contributed by atoms with Gasteiger partial charge in [0.05, 0.1) is 18.7 Å². The molecule has 0 spiro atoms. The van der Waals surface area contributed by atoms with Crippen molar-refractivity contribution in [3.05, 3.63) is 23.8 Å². The normalized spacial score (nSPS) is 21.7. The Morgan fingerprint density at radius 1 is 1.23 bits per heavy atom. The van der Waals surface area contributed by atoms with Crippen molar-refractivity contribution in [2.75, 3.05) is 40.3 Å². The summed E-state index contributed by atoms with van der Waals surface area (Å²) >= 11 is 0. The van der Waals surface area contributed by atoms with Crippen molar-refractivity contribution >= 4 is 11.8 Å². The smallest absolute Gasteiger partial charge is 0.257 e. The van der Waals surface area contributed by atoms with Crippen molar-refractivity contribution in [3.63, 3.8) is 0 Å². The number of carbonyl (C=O) groups excluding carboxylic acids is 2. The zero-order chi connectivity index (χ0) is 21.7. The second-order valence-corrected chi connectivity index (χ2v) is 8.99. The molecule has 1 N–H and O–H groups in total. The van der Waals surface area contributed by atoms with Crippen LogP contribution in [0.25, 0.3) is 0 Å². The second kappa shape index (κ2) is 9.83. The van der Waals surface area contributed by atoms with Gasteiger partial charge in [0, 0.05) is 36.9 Å². The first-order chi connectivity index (χ1) is 14.3. The monoisotopic (exact) mass is 417 g/mol. The third-order valence-corrected chi connectivity index (χ3v) is 6.41. The van der Waals surface area contributed by atoms with Crippen molar-refractivity contribution in [2.24, 2.45) is 0 Å². The van der Waals surface area contributed by atoms with E-state index in [4.69, 9.17) is 4.74 Å². The molecule has 0 bridgehead atoms. The molecule has 2 heterocycles. The van der Waals surface area contributed by atoms with Crippen molar-refractivity contribution in [2.45, 2.75) is 63.5 Å². The minimum absolute atomic E-state index is 0.00752. The van der Waals surface area contributed by atoms with Gasteiger partial charge in [0.25, 0.3) is 11.8 Å². The van der Waals surface area contributed by atoms with E-state index in [1.807, 2.05) is 13.8 Å². The maximum absolute atomic E-state index is 12.8. The summed E-state index contributed by atoms with van der Waals surface area (Å²) < 4.78 is 5.69. The maximum atomic E-state index is 12.8.